The predicted molar refractivity (Wildman–Crippen MR) is 102 cm³/mol. The number of nitrogens with one attached hydrogen (secondary N) is 2. The molecule has 132 valence electrons. The molecule has 0 fully saturated rings. The fourth-order valence-electron chi connectivity index (χ4n) is 2.09. The highest BCUT2D eigenvalue weighted by Crippen LogP contribution is 2.21. The zero-order valence-corrected chi connectivity index (χ0v) is 15.4. The number of anilines is 2. The minimum absolute atomic E-state index is 0.0928. The second-order valence-electron chi connectivity index (χ2n) is 5.84. The number of rotatable bonds is 7. The van der Waals surface area contributed by atoms with Crippen molar-refractivity contribution in [2.75, 3.05) is 37.0 Å². The Bertz CT molecular complexity index is 735. The number of hydrogen-bond acceptors (Lipinski definition) is 5. The number of aryl methyl sites for hydroxylation is 1. The summed E-state index contributed by atoms with van der Waals surface area (Å²) in [7, 11) is 3.67. The number of likely N-dealkylation sites (N-methyl/N-ethyl adjacent to an activating group) is 1. The average molecular weight is 358 g/mol. The molecule has 0 aliphatic heterocycles. The standard InChI is InChI=1S/C18H22N4O2S/c1-13-4-5-14(10-16(13)21-17(23)11-22(2)3)20-18(24)12-25-15-6-8-19-9-7-15/h4-10H,11-12H2,1-3H3,(H,20,24)(H,21,23). The van der Waals surface area contributed by atoms with Gasteiger partial charge >= 0.3 is 0 Å². The molecule has 0 unspecified atom stereocenters. The van der Waals surface area contributed by atoms with Gasteiger partial charge in [-0.1, -0.05) is 6.07 Å². The molecule has 0 atom stereocenters. The van der Waals surface area contributed by atoms with Crippen molar-refractivity contribution >= 4 is 35.0 Å². The second kappa shape index (κ2) is 9.19. The van der Waals surface area contributed by atoms with Crippen LogP contribution in [0.3, 0.4) is 0 Å². The van der Waals surface area contributed by atoms with Gasteiger partial charge in [-0.3, -0.25) is 14.6 Å². The summed E-state index contributed by atoms with van der Waals surface area (Å²) < 4.78 is 0. The van der Waals surface area contributed by atoms with Crippen molar-refractivity contribution in [1.82, 2.24) is 9.88 Å². The Hall–Kier alpha value is -2.38. The summed E-state index contributed by atoms with van der Waals surface area (Å²) >= 11 is 1.45. The number of thioether (sulfide) groups is 1. The minimum atomic E-state index is -0.101. The molecule has 7 heteroatoms. The van der Waals surface area contributed by atoms with Gasteiger partial charge in [0.05, 0.1) is 12.3 Å². The molecule has 0 bridgehead atoms. The van der Waals surface area contributed by atoms with Crippen molar-refractivity contribution in [2.24, 2.45) is 0 Å². The van der Waals surface area contributed by atoms with Gasteiger partial charge in [-0.2, -0.15) is 0 Å². The maximum absolute atomic E-state index is 12.1. The van der Waals surface area contributed by atoms with E-state index in [1.165, 1.54) is 11.8 Å². The van der Waals surface area contributed by atoms with E-state index in [1.807, 2.05) is 45.3 Å². The van der Waals surface area contributed by atoms with Crippen LogP contribution in [0.5, 0.6) is 0 Å². The molecule has 2 rings (SSSR count). The molecule has 6 nitrogen and oxygen atoms in total. The lowest BCUT2D eigenvalue weighted by atomic mass is 10.1. The summed E-state index contributed by atoms with van der Waals surface area (Å²) in [6.07, 6.45) is 3.39. The van der Waals surface area contributed by atoms with Crippen molar-refractivity contribution in [3.8, 4) is 0 Å². The van der Waals surface area contributed by atoms with Gasteiger partial charge in [0, 0.05) is 28.7 Å². The van der Waals surface area contributed by atoms with Crippen LogP contribution in [0.2, 0.25) is 0 Å². The van der Waals surface area contributed by atoms with Crippen molar-refractivity contribution in [3.63, 3.8) is 0 Å². The molecule has 0 aliphatic rings. The molecule has 2 aromatic rings. The SMILES string of the molecule is Cc1ccc(NC(=O)CSc2ccncc2)cc1NC(=O)CN(C)C. The lowest BCUT2D eigenvalue weighted by molar-refractivity contribution is -0.117. The van der Waals surface area contributed by atoms with Crippen LogP contribution in [0.25, 0.3) is 0 Å². The van der Waals surface area contributed by atoms with Gasteiger partial charge in [-0.25, -0.2) is 0 Å². The van der Waals surface area contributed by atoms with Gasteiger partial charge in [0.2, 0.25) is 11.8 Å². The second-order valence-corrected chi connectivity index (χ2v) is 6.88. The van der Waals surface area contributed by atoms with Crippen LogP contribution in [-0.4, -0.2) is 48.1 Å². The van der Waals surface area contributed by atoms with E-state index in [1.54, 1.807) is 23.4 Å². The Balaban J connectivity index is 1.94. The fourth-order valence-corrected chi connectivity index (χ4v) is 2.78. The summed E-state index contributed by atoms with van der Waals surface area (Å²) in [6.45, 7) is 2.22. The third-order valence-electron chi connectivity index (χ3n) is 3.27. The highest BCUT2D eigenvalue weighted by atomic mass is 32.2. The highest BCUT2D eigenvalue weighted by Gasteiger charge is 2.09. The normalized spacial score (nSPS) is 10.6. The quantitative estimate of drug-likeness (QED) is 0.744. The van der Waals surface area contributed by atoms with Crippen molar-refractivity contribution in [2.45, 2.75) is 11.8 Å². The van der Waals surface area contributed by atoms with Crippen LogP contribution in [0.4, 0.5) is 11.4 Å². The number of nitrogens with zero attached hydrogens (tertiary/aromatic N) is 2. The average Bonchev–Trinajstić information content (AvgIpc) is 2.56. The van der Waals surface area contributed by atoms with Gasteiger partial charge in [0.1, 0.15) is 0 Å². The molecule has 2 amide bonds. The first-order valence-electron chi connectivity index (χ1n) is 7.82. The Morgan fingerprint density at radius 2 is 1.80 bits per heavy atom. The third-order valence-corrected chi connectivity index (χ3v) is 4.29. The third kappa shape index (κ3) is 6.56. The molecule has 1 aromatic heterocycles. The molecular formula is C18H22N4O2S. The molecule has 1 heterocycles. The van der Waals surface area contributed by atoms with Gasteiger partial charge < -0.3 is 15.5 Å². The van der Waals surface area contributed by atoms with Crippen LogP contribution in [0.15, 0.2) is 47.6 Å². The van der Waals surface area contributed by atoms with Gasteiger partial charge in [0.15, 0.2) is 0 Å². The predicted octanol–water partition coefficient (Wildman–Crippen LogP) is 2.62. The van der Waals surface area contributed by atoms with E-state index in [0.717, 1.165) is 10.5 Å². The fraction of sp³-hybridized carbons (Fsp3) is 0.278. The van der Waals surface area contributed by atoms with Gasteiger partial charge in [-0.05, 0) is 50.8 Å². The number of benzene rings is 1. The van der Waals surface area contributed by atoms with Crippen LogP contribution in [0.1, 0.15) is 5.56 Å². The summed E-state index contributed by atoms with van der Waals surface area (Å²) in [5.41, 5.74) is 2.30. The molecule has 1 aromatic carbocycles. The van der Waals surface area contributed by atoms with E-state index in [0.29, 0.717) is 23.7 Å². The van der Waals surface area contributed by atoms with Crippen molar-refractivity contribution < 1.29 is 9.59 Å². The topological polar surface area (TPSA) is 74.3 Å². The van der Waals surface area contributed by atoms with E-state index in [9.17, 15) is 9.59 Å². The van der Waals surface area contributed by atoms with Crippen molar-refractivity contribution in [3.05, 3.63) is 48.3 Å². The van der Waals surface area contributed by atoms with Crippen molar-refractivity contribution in [1.29, 1.82) is 0 Å². The number of amides is 2. The molecule has 0 aliphatic carbocycles. The summed E-state index contributed by atoms with van der Waals surface area (Å²) in [5, 5.41) is 5.73. The van der Waals surface area contributed by atoms with E-state index in [4.69, 9.17) is 0 Å². The number of aromatic nitrogens is 1. The lowest BCUT2D eigenvalue weighted by Gasteiger charge is -2.13. The van der Waals surface area contributed by atoms with E-state index in [-0.39, 0.29) is 11.8 Å². The zero-order chi connectivity index (χ0) is 18.2. The number of pyridine rings is 1. The minimum Gasteiger partial charge on any atom is -0.325 e. The van der Waals surface area contributed by atoms with E-state index < -0.39 is 0 Å². The first-order chi connectivity index (χ1) is 11.9. The first-order valence-corrected chi connectivity index (χ1v) is 8.80. The maximum atomic E-state index is 12.1. The number of carbonyl (C=O) groups is 2. The molecular weight excluding hydrogens is 336 g/mol. The first kappa shape index (κ1) is 19.0. The van der Waals surface area contributed by atoms with Crippen LogP contribution >= 0.6 is 11.8 Å². The molecule has 0 spiro atoms. The molecule has 0 radical (unpaired) electrons. The van der Waals surface area contributed by atoms with Gasteiger partial charge in [0.25, 0.3) is 0 Å². The Labute approximate surface area is 152 Å². The lowest BCUT2D eigenvalue weighted by Crippen LogP contribution is -2.27. The summed E-state index contributed by atoms with van der Waals surface area (Å²) in [5.74, 6) is 0.112. The maximum Gasteiger partial charge on any atom is 0.238 e. The Morgan fingerprint density at radius 3 is 2.48 bits per heavy atom. The van der Waals surface area contributed by atoms with Crippen LogP contribution in [0, 0.1) is 6.92 Å². The zero-order valence-electron chi connectivity index (χ0n) is 14.6. The van der Waals surface area contributed by atoms with Crippen LogP contribution in [-0.2, 0) is 9.59 Å². The van der Waals surface area contributed by atoms with Crippen LogP contribution < -0.4 is 10.6 Å². The Kier molecular flexibility index (Phi) is 6.97. The number of carbonyl (C=O) groups excluding carboxylic acids is 2. The summed E-state index contributed by atoms with van der Waals surface area (Å²) in [6, 6.07) is 9.20. The Morgan fingerprint density at radius 1 is 1.08 bits per heavy atom. The van der Waals surface area contributed by atoms with E-state index in [2.05, 4.69) is 15.6 Å². The molecule has 25 heavy (non-hydrogen) atoms. The molecule has 0 saturated heterocycles. The largest absolute Gasteiger partial charge is 0.325 e. The van der Waals surface area contributed by atoms with Gasteiger partial charge in [-0.15, -0.1) is 11.8 Å². The number of hydrogen-bond donors (Lipinski definition) is 2. The monoisotopic (exact) mass is 358 g/mol. The molecule has 0 saturated carbocycles. The highest BCUT2D eigenvalue weighted by molar-refractivity contribution is 8.00. The summed E-state index contributed by atoms with van der Waals surface area (Å²) in [4.78, 5) is 30.8. The molecule has 2 N–H and O–H groups in total. The smallest absolute Gasteiger partial charge is 0.238 e. The van der Waals surface area contributed by atoms with E-state index >= 15 is 0 Å².